The predicted molar refractivity (Wildman–Crippen MR) is 417 cm³/mol. The number of carbonyl (C=O) groups excluding carboxylic acids is 2. The number of carbonyl (C=O) groups is 2. The molecule has 7 aliphatic rings. The van der Waals surface area contributed by atoms with Gasteiger partial charge in [0, 0.05) is 87.5 Å². The van der Waals surface area contributed by atoms with Gasteiger partial charge in [0.1, 0.15) is 29.1 Å². The smallest absolute Gasteiger partial charge is 0.399 e. The van der Waals surface area contributed by atoms with Crippen molar-refractivity contribution in [1.29, 1.82) is 0 Å². The third-order valence-corrected chi connectivity index (χ3v) is 20.9. The first kappa shape index (κ1) is 89.1. The number of urea groups is 2. The average molecular weight is 1650 g/mol. The van der Waals surface area contributed by atoms with Gasteiger partial charge in [0.05, 0.1) is 114 Å². The zero-order chi connectivity index (χ0) is 82.7. The zero-order valence-corrected chi connectivity index (χ0v) is 66.8. The fourth-order valence-corrected chi connectivity index (χ4v) is 12.8. The van der Waals surface area contributed by atoms with Crippen LogP contribution >= 0.6 is 24.0 Å². The second-order valence-corrected chi connectivity index (χ2v) is 30.5. The molecule has 4 saturated heterocycles. The lowest BCUT2D eigenvalue weighted by atomic mass is 9.76. The molecule has 1 aliphatic carbocycles. The summed E-state index contributed by atoms with van der Waals surface area (Å²) in [7, 11) is 2.43. The van der Waals surface area contributed by atoms with Crippen LogP contribution in [-0.2, 0) is 42.2 Å². The van der Waals surface area contributed by atoms with Crippen LogP contribution in [0, 0.1) is 38.2 Å². The van der Waals surface area contributed by atoms with Gasteiger partial charge < -0.3 is 64.1 Å². The average Bonchev–Trinajstić information content (AvgIpc) is 1.61. The summed E-state index contributed by atoms with van der Waals surface area (Å²) in [5.41, 5.74) is 9.49. The number of alkyl halides is 9. The Bertz CT molecular complexity index is 4680. The predicted octanol–water partition coefficient (Wildman–Crippen LogP) is 15.6. The van der Waals surface area contributed by atoms with E-state index in [1.807, 2.05) is 113 Å². The van der Waals surface area contributed by atoms with E-state index in [4.69, 9.17) is 50.4 Å². The van der Waals surface area contributed by atoms with Crippen molar-refractivity contribution < 1.29 is 90.4 Å². The van der Waals surface area contributed by atoms with Gasteiger partial charge in [0.25, 0.3) is 0 Å². The number of amides is 4. The van der Waals surface area contributed by atoms with E-state index in [9.17, 15) is 62.3 Å². The van der Waals surface area contributed by atoms with Crippen LogP contribution < -0.4 is 37.1 Å². The number of hydrogen-bond donors (Lipinski definition) is 3. The van der Waals surface area contributed by atoms with Gasteiger partial charge in [-0.1, -0.05) is 29.8 Å². The minimum absolute atomic E-state index is 0. The highest BCUT2D eigenvalue weighted by Gasteiger charge is 2.54. The van der Waals surface area contributed by atoms with E-state index < -0.39 is 109 Å². The fraction of sp³-hybridized carbons (Fsp3) is 0.455. The summed E-state index contributed by atoms with van der Waals surface area (Å²) in [6.07, 6.45) is -1.14. The molecule has 0 spiro atoms. The number of anilines is 5. The van der Waals surface area contributed by atoms with E-state index in [0.717, 1.165) is 93.3 Å². The van der Waals surface area contributed by atoms with Crippen LogP contribution in [0.1, 0.15) is 91.3 Å². The van der Waals surface area contributed by atoms with Crippen molar-refractivity contribution >= 4 is 89.9 Å². The summed E-state index contributed by atoms with van der Waals surface area (Å²) in [5, 5.41) is 13.9. The molecule has 3 aromatic carbocycles. The second kappa shape index (κ2) is 35.7. The number of benzene rings is 3. The highest BCUT2D eigenvalue weighted by Crippen LogP contribution is 2.41. The Morgan fingerprint density at radius 3 is 1.32 bits per heavy atom. The zero-order valence-electron chi connectivity index (χ0n) is 65.2. The maximum absolute atomic E-state index is 14.9. The molecular weight excluding hydrogens is 1560 g/mol. The topological polar surface area (TPSA) is 214 Å². The quantitative estimate of drug-likeness (QED) is 0.0530. The number of morpholine rings is 2. The number of nitrogens with one attached hydrogen (secondary N) is 2. The number of rotatable bonds is 9. The van der Waals surface area contributed by atoms with Crippen LogP contribution in [0.4, 0.5) is 91.0 Å². The monoisotopic (exact) mass is 1650 g/mol. The van der Waals surface area contributed by atoms with Crippen molar-refractivity contribution in [1.82, 2.24) is 39.3 Å². The summed E-state index contributed by atoms with van der Waals surface area (Å²) >= 11 is 6.20. The molecule has 0 radical (unpaired) electrons. The Hall–Kier alpha value is -8.83. The van der Waals surface area contributed by atoms with Crippen LogP contribution in [0.15, 0.2) is 120 Å². The lowest BCUT2D eigenvalue weighted by Crippen LogP contribution is -2.41. The number of nitrogens with zero attached hydrogens (tertiary/aromatic N) is 10. The molecule has 7 aromatic rings. The van der Waals surface area contributed by atoms with Crippen LogP contribution in [0.2, 0.25) is 5.02 Å². The Kier molecular flexibility index (Phi) is 27.9. The Labute approximate surface area is 665 Å². The molecule has 4 N–H and O–H groups in total. The summed E-state index contributed by atoms with van der Waals surface area (Å²) in [6.45, 7) is 24.8. The van der Waals surface area contributed by atoms with Gasteiger partial charge in [-0.25, -0.2) is 32.7 Å². The van der Waals surface area contributed by atoms with Crippen molar-refractivity contribution in [3.05, 3.63) is 160 Å². The molecule has 0 unspecified atom stereocenters. The highest BCUT2D eigenvalue weighted by atomic mass is 35.5. The van der Waals surface area contributed by atoms with Gasteiger partial charge in [-0.2, -0.15) is 49.7 Å². The molecule has 4 amide bonds. The van der Waals surface area contributed by atoms with Crippen molar-refractivity contribution in [3.8, 4) is 33.6 Å². The van der Waals surface area contributed by atoms with Gasteiger partial charge in [-0.15, -0.1) is 12.4 Å². The molecule has 4 aromatic heterocycles. The number of allylic oxidation sites excluding steroid dienone is 2. The van der Waals surface area contributed by atoms with Crippen molar-refractivity contribution in [2.24, 2.45) is 14.1 Å². The number of pyridine rings is 2. The number of nitrogen functional groups attached to an aromatic ring is 1. The van der Waals surface area contributed by atoms with Crippen molar-refractivity contribution in [3.63, 3.8) is 0 Å². The van der Waals surface area contributed by atoms with Gasteiger partial charge in [0.15, 0.2) is 0 Å². The first-order valence-corrected chi connectivity index (χ1v) is 36.7. The fourth-order valence-electron chi connectivity index (χ4n) is 12.6. The Balaban J connectivity index is 0.000000173. The van der Waals surface area contributed by atoms with Crippen LogP contribution in [0.3, 0.4) is 0 Å². The molecule has 0 bridgehead atoms. The molecule has 21 nitrogen and oxygen atoms in total. The van der Waals surface area contributed by atoms with E-state index in [2.05, 4.69) is 35.6 Å². The molecule has 4 fully saturated rings. The lowest BCUT2D eigenvalue weighted by molar-refractivity contribution is -0.0939. The maximum Gasteiger partial charge on any atom is 0.495 e. The maximum atomic E-state index is 14.9. The molecule has 114 heavy (non-hydrogen) atoms. The van der Waals surface area contributed by atoms with Crippen LogP contribution in [0.25, 0.3) is 33.6 Å². The first-order chi connectivity index (χ1) is 52.8. The number of hydrogen-bond acceptors (Lipinski definition) is 15. The summed E-state index contributed by atoms with van der Waals surface area (Å²) in [5.74, 6) is -0.165. The number of halogens is 14. The van der Waals surface area contributed by atoms with Crippen molar-refractivity contribution in [2.45, 2.75) is 136 Å². The van der Waals surface area contributed by atoms with Crippen LogP contribution in [-0.4, -0.2) is 185 Å². The summed E-state index contributed by atoms with van der Waals surface area (Å²) in [4.78, 5) is 40.8. The minimum atomic E-state index is -4.51. The number of aromatic nitrogens is 6. The normalized spacial score (nSPS) is 18.2. The summed E-state index contributed by atoms with van der Waals surface area (Å²) < 4.78 is 193. The van der Waals surface area contributed by atoms with Gasteiger partial charge in [-0.3, -0.25) is 9.36 Å². The highest BCUT2D eigenvalue weighted by molar-refractivity contribution is 6.63. The van der Waals surface area contributed by atoms with Crippen molar-refractivity contribution in [2.75, 3.05) is 105 Å². The third kappa shape index (κ3) is 21.8. The van der Waals surface area contributed by atoms with E-state index in [-0.39, 0.29) is 54.6 Å². The largest absolute Gasteiger partial charge is 0.495 e. The third-order valence-electron chi connectivity index (χ3n) is 20.7. The molecule has 6 aliphatic heterocycles. The van der Waals surface area contributed by atoms with E-state index in [1.165, 1.54) is 36.4 Å². The van der Waals surface area contributed by atoms with E-state index in [1.54, 1.807) is 41.7 Å². The molecule has 616 valence electrons. The minimum Gasteiger partial charge on any atom is -0.399 e. The van der Waals surface area contributed by atoms with E-state index >= 15 is 0 Å². The van der Waals surface area contributed by atoms with E-state index in [0.29, 0.717) is 72.0 Å². The molecule has 10 heterocycles. The lowest BCUT2D eigenvalue weighted by Gasteiger charge is -2.32. The standard InChI is InChI=1S/C26H26F4N6O2.C19H23BF4N2O3.C13H19BFNO2.C13H15ClN4O.C6H7F3.ClH/c1-16-9-21(27)23(33-25(37)36-4-3-19(15-36)26(28,29)30)12-20(16)17-10-22(18-13-31-34(2)14-18)32-24(11-17)35-5-7-38-8-6-35;1-11-8-14(21)15(9-13(11)20-28-17(2,3)18(4,5)29-20)25-16(27)26-7-6-12(10-26)19(22,23)24;1-8-6-10(15)11(16)7-9(8)14-17-12(2,3)13(4,5)18-14;1-17-9-10(8-15-17)12-6-11(14)7-13(16-12)18-2-4-19-5-3-18;7-6(8,9)5-3-1-2-4-5;/h3,9-14H,4-8,15H2,1-2H3,(H,33,37);6,8-9H,7,10H2,1-5H3,(H,25,27);6-7H,16H2,1-5H3;6-9H,2-5H2,1H3;3H,1-2,4H2;1H. The van der Waals surface area contributed by atoms with Crippen LogP contribution in [0.5, 0.6) is 0 Å². The van der Waals surface area contributed by atoms with Gasteiger partial charge in [0.2, 0.25) is 0 Å². The van der Waals surface area contributed by atoms with Gasteiger partial charge >= 0.3 is 44.8 Å². The first-order valence-electron chi connectivity index (χ1n) is 36.4. The molecule has 0 saturated carbocycles. The second-order valence-electron chi connectivity index (χ2n) is 30.1. The van der Waals surface area contributed by atoms with Gasteiger partial charge in [-0.05, 0) is 195 Å². The number of ether oxygens (including phenoxy) is 2. The Morgan fingerprint density at radius 2 is 0.921 bits per heavy atom. The molecular formula is C77H91B2Cl2F12N13O8. The number of aryl methyl sites for hydroxylation is 5. The molecule has 37 heteroatoms. The SMILES string of the molecule is Cc1cc(F)c(N)cc1B1OC(C)(C)C(C)(C)O1.Cc1cc(F)c(NC(=O)N2CC=C(C(F)(F)F)C2)cc1-c1cc(-c2cnn(C)c2)nc(N2CCOCC2)c1.Cc1cc(F)c(NC(=O)N2CC=C(C(F)(F)F)C2)cc1B1OC(C)(C)C(C)(C)O1.Cl.Cn1cc(-c2cc(Cl)cc(N3CCOCC3)n2)cn1.FC(F)(F)C1=CCCC1. The molecule has 0 atom stereocenters. The summed E-state index contributed by atoms with van der Waals surface area (Å²) in [6, 6.07) is 14.3. The Morgan fingerprint density at radius 1 is 0.518 bits per heavy atom. The number of nitrogens with two attached hydrogens (primary N) is 1. The molecule has 14 rings (SSSR count).